The Kier molecular flexibility index (Phi) is 3.28. The molecule has 2 N–H and O–H groups in total. The molecule has 4 nitrogen and oxygen atoms in total. The number of nitrogens with zero attached hydrogens (tertiary/aromatic N) is 2. The van der Waals surface area contributed by atoms with E-state index in [1.54, 1.807) is 11.3 Å². The average Bonchev–Trinajstić information content (AvgIpc) is 2.74. The number of aromatic nitrogens is 2. The molecule has 16 heavy (non-hydrogen) atoms. The SMILES string of the molecule is CCNCC(C)(O)Cc1cn2ccsc2n1. The molecule has 0 amide bonds. The van der Waals surface area contributed by atoms with E-state index in [-0.39, 0.29) is 0 Å². The Morgan fingerprint density at radius 2 is 2.44 bits per heavy atom. The molecule has 0 bridgehead atoms. The van der Waals surface area contributed by atoms with Crippen LogP contribution in [0.2, 0.25) is 0 Å². The second kappa shape index (κ2) is 4.53. The van der Waals surface area contributed by atoms with Gasteiger partial charge in [0.15, 0.2) is 4.96 Å². The van der Waals surface area contributed by atoms with Crippen molar-refractivity contribution in [1.29, 1.82) is 0 Å². The predicted octanol–water partition coefficient (Wildman–Crippen LogP) is 1.30. The van der Waals surface area contributed by atoms with E-state index < -0.39 is 5.60 Å². The molecule has 0 fully saturated rings. The first-order valence-corrected chi connectivity index (χ1v) is 6.33. The van der Waals surface area contributed by atoms with Crippen LogP contribution in [0.15, 0.2) is 17.8 Å². The summed E-state index contributed by atoms with van der Waals surface area (Å²) in [6.45, 7) is 5.33. The molecule has 0 aliphatic rings. The van der Waals surface area contributed by atoms with Crippen LogP contribution in [0.5, 0.6) is 0 Å². The summed E-state index contributed by atoms with van der Waals surface area (Å²) in [4.78, 5) is 5.44. The van der Waals surface area contributed by atoms with Crippen LogP contribution in [0, 0.1) is 0 Å². The van der Waals surface area contributed by atoms with E-state index in [4.69, 9.17) is 0 Å². The third-order valence-corrected chi connectivity index (χ3v) is 3.23. The van der Waals surface area contributed by atoms with Gasteiger partial charge in [0.25, 0.3) is 0 Å². The van der Waals surface area contributed by atoms with Crippen molar-refractivity contribution in [2.45, 2.75) is 25.9 Å². The minimum absolute atomic E-state index is 0.578. The number of likely N-dealkylation sites (N-methyl/N-ethyl adjacent to an activating group) is 1. The number of hydrogen-bond donors (Lipinski definition) is 2. The zero-order chi connectivity index (χ0) is 11.6. The largest absolute Gasteiger partial charge is 0.388 e. The number of imidazole rings is 1. The van der Waals surface area contributed by atoms with Gasteiger partial charge in [-0.25, -0.2) is 4.98 Å². The molecular weight excluding hydrogens is 222 g/mol. The molecule has 0 saturated heterocycles. The highest BCUT2D eigenvalue weighted by atomic mass is 32.1. The van der Waals surface area contributed by atoms with E-state index in [0.29, 0.717) is 13.0 Å². The van der Waals surface area contributed by atoms with E-state index in [1.165, 1.54) is 0 Å². The lowest BCUT2D eigenvalue weighted by molar-refractivity contribution is 0.0599. The molecule has 0 aliphatic carbocycles. The fourth-order valence-corrected chi connectivity index (χ4v) is 2.43. The highest BCUT2D eigenvalue weighted by Gasteiger charge is 2.21. The number of nitrogens with one attached hydrogen (secondary N) is 1. The van der Waals surface area contributed by atoms with Crippen LogP contribution in [-0.2, 0) is 6.42 Å². The normalized spacial score (nSPS) is 15.4. The van der Waals surface area contributed by atoms with Crippen molar-refractivity contribution < 1.29 is 5.11 Å². The second-order valence-corrected chi connectivity index (χ2v) is 5.15. The van der Waals surface area contributed by atoms with Gasteiger partial charge in [0.1, 0.15) is 0 Å². The van der Waals surface area contributed by atoms with Crippen LogP contribution >= 0.6 is 11.3 Å². The Labute approximate surface area is 98.9 Å². The minimum atomic E-state index is -0.736. The third-order valence-electron chi connectivity index (χ3n) is 2.46. The van der Waals surface area contributed by atoms with Gasteiger partial charge in [-0.3, -0.25) is 4.40 Å². The van der Waals surface area contributed by atoms with Crippen LogP contribution in [-0.4, -0.2) is 33.2 Å². The first-order valence-electron chi connectivity index (χ1n) is 5.45. The summed E-state index contributed by atoms with van der Waals surface area (Å²) >= 11 is 1.61. The molecular formula is C11H17N3OS. The Bertz CT molecular complexity index is 432. The van der Waals surface area contributed by atoms with Crippen LogP contribution in [0.3, 0.4) is 0 Å². The molecule has 1 unspecified atom stereocenters. The summed E-state index contributed by atoms with van der Waals surface area (Å²) in [7, 11) is 0. The van der Waals surface area contributed by atoms with E-state index >= 15 is 0 Å². The first-order chi connectivity index (χ1) is 7.61. The highest BCUT2D eigenvalue weighted by Crippen LogP contribution is 2.16. The van der Waals surface area contributed by atoms with Crippen LogP contribution in [0.25, 0.3) is 4.96 Å². The lowest BCUT2D eigenvalue weighted by Gasteiger charge is -2.22. The molecule has 2 rings (SSSR count). The molecule has 0 saturated carbocycles. The lowest BCUT2D eigenvalue weighted by atomic mass is 10.0. The second-order valence-electron chi connectivity index (χ2n) is 4.28. The van der Waals surface area contributed by atoms with Crippen LogP contribution < -0.4 is 5.32 Å². The molecule has 0 aromatic carbocycles. The van der Waals surface area contributed by atoms with Crippen molar-refractivity contribution in [3.05, 3.63) is 23.5 Å². The number of hydrogen-bond acceptors (Lipinski definition) is 4. The summed E-state index contributed by atoms with van der Waals surface area (Å²) < 4.78 is 1.99. The van der Waals surface area contributed by atoms with Gasteiger partial charge in [-0.1, -0.05) is 6.92 Å². The molecule has 0 radical (unpaired) electrons. The van der Waals surface area contributed by atoms with Crippen molar-refractivity contribution in [1.82, 2.24) is 14.7 Å². The molecule has 0 aliphatic heterocycles. The molecule has 2 aromatic heterocycles. The maximum absolute atomic E-state index is 10.2. The van der Waals surface area contributed by atoms with E-state index in [2.05, 4.69) is 10.3 Å². The van der Waals surface area contributed by atoms with Gasteiger partial charge >= 0.3 is 0 Å². The van der Waals surface area contributed by atoms with Crippen molar-refractivity contribution in [2.24, 2.45) is 0 Å². The van der Waals surface area contributed by atoms with Crippen LogP contribution in [0.1, 0.15) is 19.5 Å². The van der Waals surface area contributed by atoms with Gasteiger partial charge in [-0.05, 0) is 13.5 Å². The zero-order valence-corrected chi connectivity index (χ0v) is 10.4. The first kappa shape index (κ1) is 11.6. The fraction of sp³-hybridized carbons (Fsp3) is 0.545. The summed E-state index contributed by atoms with van der Waals surface area (Å²) in [5.74, 6) is 0. The molecule has 2 aromatic rings. The molecule has 88 valence electrons. The molecule has 1 atom stereocenters. The molecule has 2 heterocycles. The van der Waals surface area contributed by atoms with Gasteiger partial charge in [0, 0.05) is 30.7 Å². The van der Waals surface area contributed by atoms with Crippen molar-refractivity contribution in [2.75, 3.05) is 13.1 Å². The quantitative estimate of drug-likeness (QED) is 0.827. The van der Waals surface area contributed by atoms with Gasteiger partial charge in [0.05, 0.1) is 11.3 Å². The Hall–Kier alpha value is -0.910. The van der Waals surface area contributed by atoms with Crippen LogP contribution in [0.4, 0.5) is 0 Å². The number of fused-ring (bicyclic) bond motifs is 1. The summed E-state index contributed by atoms with van der Waals surface area (Å²) in [5, 5.41) is 15.3. The minimum Gasteiger partial charge on any atom is -0.388 e. The van der Waals surface area contributed by atoms with E-state index in [0.717, 1.165) is 17.2 Å². The van der Waals surface area contributed by atoms with Gasteiger partial charge in [0.2, 0.25) is 0 Å². The fourth-order valence-electron chi connectivity index (χ4n) is 1.71. The number of thiazole rings is 1. The standard InChI is InChI=1S/C11H17N3OS/c1-3-12-8-11(2,15)6-9-7-14-4-5-16-10(14)13-9/h4-5,7,12,15H,3,6,8H2,1-2H3. The lowest BCUT2D eigenvalue weighted by Crippen LogP contribution is -2.39. The Morgan fingerprint density at radius 1 is 1.62 bits per heavy atom. The third kappa shape index (κ3) is 2.61. The van der Waals surface area contributed by atoms with Crippen molar-refractivity contribution in [3.63, 3.8) is 0 Å². The predicted molar refractivity (Wildman–Crippen MR) is 65.9 cm³/mol. The highest BCUT2D eigenvalue weighted by molar-refractivity contribution is 7.15. The van der Waals surface area contributed by atoms with Crippen molar-refractivity contribution in [3.8, 4) is 0 Å². The van der Waals surface area contributed by atoms with E-state index in [1.807, 2.05) is 36.0 Å². The summed E-state index contributed by atoms with van der Waals surface area (Å²) in [6.07, 6.45) is 4.54. The molecule has 5 heteroatoms. The molecule has 0 spiro atoms. The zero-order valence-electron chi connectivity index (χ0n) is 9.60. The van der Waals surface area contributed by atoms with Gasteiger partial charge < -0.3 is 10.4 Å². The van der Waals surface area contributed by atoms with Gasteiger partial charge in [-0.15, -0.1) is 11.3 Å². The topological polar surface area (TPSA) is 49.6 Å². The Morgan fingerprint density at radius 3 is 3.12 bits per heavy atom. The monoisotopic (exact) mass is 239 g/mol. The Balaban J connectivity index is 2.06. The van der Waals surface area contributed by atoms with Gasteiger partial charge in [-0.2, -0.15) is 0 Å². The van der Waals surface area contributed by atoms with Crippen molar-refractivity contribution >= 4 is 16.3 Å². The summed E-state index contributed by atoms with van der Waals surface area (Å²) in [6, 6.07) is 0. The maximum atomic E-state index is 10.2. The average molecular weight is 239 g/mol. The number of aliphatic hydroxyl groups is 1. The maximum Gasteiger partial charge on any atom is 0.193 e. The van der Waals surface area contributed by atoms with E-state index in [9.17, 15) is 5.11 Å². The smallest absolute Gasteiger partial charge is 0.193 e. The summed E-state index contributed by atoms with van der Waals surface area (Å²) in [5.41, 5.74) is 0.204. The number of rotatable bonds is 5.